The fraction of sp³-hybridized carbons (Fsp3) is 0.909. The number of nitrogens with one attached hydrogen (secondary N) is 1. The number of amides is 1. The normalized spacial score (nSPS) is 19.5. The van der Waals surface area contributed by atoms with Crippen LogP contribution in [-0.2, 0) is 4.79 Å². The predicted molar refractivity (Wildman–Crippen MR) is 61.0 cm³/mol. The first-order valence-electron chi connectivity index (χ1n) is 5.93. The highest BCUT2D eigenvalue weighted by Gasteiger charge is 2.29. The summed E-state index contributed by atoms with van der Waals surface area (Å²) >= 11 is 0. The van der Waals surface area contributed by atoms with Crippen LogP contribution in [0.2, 0.25) is 0 Å². The maximum absolute atomic E-state index is 11.6. The van der Waals surface area contributed by atoms with Crippen molar-refractivity contribution >= 4 is 5.91 Å². The van der Waals surface area contributed by atoms with Crippen LogP contribution < -0.4 is 11.3 Å². The van der Waals surface area contributed by atoms with Crippen LogP contribution in [0.15, 0.2) is 0 Å². The molecule has 0 saturated heterocycles. The Kier molecular flexibility index (Phi) is 5.05. The number of rotatable bonds is 5. The molecule has 1 rings (SSSR count). The van der Waals surface area contributed by atoms with E-state index in [9.17, 15) is 4.79 Å². The second-order valence-corrected chi connectivity index (χ2v) is 4.42. The van der Waals surface area contributed by atoms with Crippen LogP contribution in [0.5, 0.6) is 0 Å². The summed E-state index contributed by atoms with van der Waals surface area (Å²) < 4.78 is 0. The highest BCUT2D eigenvalue weighted by molar-refractivity contribution is 5.81. The molecule has 88 valence electrons. The maximum atomic E-state index is 11.6. The first kappa shape index (κ1) is 12.5. The first-order chi connectivity index (χ1) is 7.20. The Labute approximate surface area is 92.2 Å². The zero-order valence-electron chi connectivity index (χ0n) is 9.83. The van der Waals surface area contributed by atoms with E-state index in [1.165, 1.54) is 25.7 Å². The molecule has 1 atom stereocenters. The average molecular weight is 213 g/mol. The highest BCUT2D eigenvalue weighted by Crippen LogP contribution is 2.24. The molecule has 1 aliphatic carbocycles. The molecule has 1 amide bonds. The average Bonchev–Trinajstić information content (AvgIpc) is 2.77. The molecule has 0 aliphatic heterocycles. The molecular weight excluding hydrogens is 190 g/mol. The molecule has 0 heterocycles. The van der Waals surface area contributed by atoms with Crippen LogP contribution in [0.3, 0.4) is 0 Å². The molecule has 0 spiro atoms. The van der Waals surface area contributed by atoms with Gasteiger partial charge in [-0.15, -0.1) is 0 Å². The number of hydrogen-bond donors (Lipinski definition) is 2. The quantitative estimate of drug-likeness (QED) is 0.407. The first-order valence-corrected chi connectivity index (χ1v) is 5.93. The molecular formula is C11H23N3O. The SMILES string of the molecule is CCCC(C(=O)NN)N(C)C1CCCC1. The molecule has 15 heavy (non-hydrogen) atoms. The summed E-state index contributed by atoms with van der Waals surface area (Å²) in [6.07, 6.45) is 6.91. The Hall–Kier alpha value is -0.610. The zero-order chi connectivity index (χ0) is 11.3. The van der Waals surface area contributed by atoms with E-state index in [0.717, 1.165) is 12.8 Å². The van der Waals surface area contributed by atoms with Crippen molar-refractivity contribution < 1.29 is 4.79 Å². The highest BCUT2D eigenvalue weighted by atomic mass is 16.2. The van der Waals surface area contributed by atoms with Crippen molar-refractivity contribution in [3.05, 3.63) is 0 Å². The summed E-state index contributed by atoms with van der Waals surface area (Å²) in [5, 5.41) is 0. The van der Waals surface area contributed by atoms with Crippen molar-refractivity contribution in [3.63, 3.8) is 0 Å². The fourth-order valence-corrected chi connectivity index (χ4v) is 2.46. The van der Waals surface area contributed by atoms with Gasteiger partial charge in [0.15, 0.2) is 0 Å². The van der Waals surface area contributed by atoms with Gasteiger partial charge in [-0.2, -0.15) is 0 Å². The number of nitrogens with zero attached hydrogens (tertiary/aromatic N) is 1. The lowest BCUT2D eigenvalue weighted by atomic mass is 10.1. The van der Waals surface area contributed by atoms with E-state index >= 15 is 0 Å². The summed E-state index contributed by atoms with van der Waals surface area (Å²) in [6.45, 7) is 2.10. The Morgan fingerprint density at radius 3 is 2.60 bits per heavy atom. The summed E-state index contributed by atoms with van der Waals surface area (Å²) in [5.41, 5.74) is 2.27. The minimum Gasteiger partial charge on any atom is -0.293 e. The second kappa shape index (κ2) is 6.08. The lowest BCUT2D eigenvalue weighted by Gasteiger charge is -2.31. The van der Waals surface area contributed by atoms with E-state index in [2.05, 4.69) is 17.2 Å². The minimum atomic E-state index is -0.0527. The van der Waals surface area contributed by atoms with Gasteiger partial charge in [0.25, 0.3) is 5.91 Å². The molecule has 0 aromatic carbocycles. The molecule has 1 unspecified atom stereocenters. The van der Waals surface area contributed by atoms with Gasteiger partial charge in [-0.25, -0.2) is 5.84 Å². The van der Waals surface area contributed by atoms with Gasteiger partial charge in [0.2, 0.25) is 0 Å². The lowest BCUT2D eigenvalue weighted by Crippen LogP contribution is -2.50. The third-order valence-corrected chi connectivity index (χ3v) is 3.40. The summed E-state index contributed by atoms with van der Waals surface area (Å²) in [4.78, 5) is 13.8. The Morgan fingerprint density at radius 2 is 2.13 bits per heavy atom. The van der Waals surface area contributed by atoms with Crippen LogP contribution in [0.1, 0.15) is 45.4 Å². The van der Waals surface area contributed by atoms with Gasteiger partial charge in [0.1, 0.15) is 0 Å². The Balaban J connectivity index is 2.56. The predicted octanol–water partition coefficient (Wildman–Crippen LogP) is 1.02. The van der Waals surface area contributed by atoms with E-state index < -0.39 is 0 Å². The van der Waals surface area contributed by atoms with Crippen molar-refractivity contribution in [1.82, 2.24) is 10.3 Å². The third kappa shape index (κ3) is 3.18. The Bertz CT molecular complexity index is 202. The van der Waals surface area contributed by atoms with Crippen LogP contribution in [0, 0.1) is 0 Å². The van der Waals surface area contributed by atoms with Crippen molar-refractivity contribution in [1.29, 1.82) is 0 Å². The van der Waals surface area contributed by atoms with Crippen LogP contribution in [-0.4, -0.2) is 29.9 Å². The monoisotopic (exact) mass is 213 g/mol. The van der Waals surface area contributed by atoms with Crippen molar-refractivity contribution in [2.24, 2.45) is 5.84 Å². The topological polar surface area (TPSA) is 58.4 Å². The molecule has 4 heteroatoms. The van der Waals surface area contributed by atoms with E-state index in [0.29, 0.717) is 6.04 Å². The molecule has 1 fully saturated rings. The van der Waals surface area contributed by atoms with E-state index in [1.54, 1.807) is 0 Å². The van der Waals surface area contributed by atoms with Gasteiger partial charge >= 0.3 is 0 Å². The molecule has 4 nitrogen and oxygen atoms in total. The molecule has 0 aromatic heterocycles. The second-order valence-electron chi connectivity index (χ2n) is 4.42. The number of carbonyl (C=O) groups is 1. The number of carbonyl (C=O) groups excluding carboxylic acids is 1. The van der Waals surface area contributed by atoms with Gasteiger partial charge in [-0.1, -0.05) is 26.2 Å². The van der Waals surface area contributed by atoms with Crippen LogP contribution in [0.25, 0.3) is 0 Å². The number of nitrogens with two attached hydrogens (primary N) is 1. The zero-order valence-corrected chi connectivity index (χ0v) is 9.83. The number of hydrazine groups is 1. The van der Waals surface area contributed by atoms with E-state index in [-0.39, 0.29) is 11.9 Å². The minimum absolute atomic E-state index is 0.0498. The van der Waals surface area contributed by atoms with Crippen LogP contribution in [0.4, 0.5) is 0 Å². The van der Waals surface area contributed by atoms with Gasteiger partial charge in [0, 0.05) is 6.04 Å². The smallest absolute Gasteiger partial charge is 0.251 e. The Morgan fingerprint density at radius 1 is 1.53 bits per heavy atom. The van der Waals surface area contributed by atoms with Crippen LogP contribution >= 0.6 is 0 Å². The largest absolute Gasteiger partial charge is 0.293 e. The third-order valence-electron chi connectivity index (χ3n) is 3.40. The fourth-order valence-electron chi connectivity index (χ4n) is 2.46. The molecule has 3 N–H and O–H groups in total. The molecule has 0 radical (unpaired) electrons. The van der Waals surface area contributed by atoms with Gasteiger partial charge in [0.05, 0.1) is 6.04 Å². The molecule has 0 aromatic rings. The standard InChI is InChI=1S/C11H23N3O/c1-3-6-10(11(15)13-12)14(2)9-7-4-5-8-9/h9-10H,3-8,12H2,1-2H3,(H,13,15). The van der Waals surface area contributed by atoms with Crippen molar-refractivity contribution in [3.8, 4) is 0 Å². The van der Waals surface area contributed by atoms with E-state index in [1.807, 2.05) is 7.05 Å². The molecule has 0 bridgehead atoms. The van der Waals surface area contributed by atoms with Crippen molar-refractivity contribution in [2.75, 3.05) is 7.05 Å². The van der Waals surface area contributed by atoms with E-state index in [4.69, 9.17) is 5.84 Å². The number of likely N-dealkylation sites (N-methyl/N-ethyl adjacent to an activating group) is 1. The molecule has 1 saturated carbocycles. The van der Waals surface area contributed by atoms with Gasteiger partial charge < -0.3 is 0 Å². The van der Waals surface area contributed by atoms with Gasteiger partial charge in [-0.05, 0) is 26.3 Å². The number of hydrogen-bond acceptors (Lipinski definition) is 3. The maximum Gasteiger partial charge on any atom is 0.251 e. The van der Waals surface area contributed by atoms with Crippen molar-refractivity contribution in [2.45, 2.75) is 57.5 Å². The summed E-state index contributed by atoms with van der Waals surface area (Å²) in [6, 6.07) is 0.516. The summed E-state index contributed by atoms with van der Waals surface area (Å²) in [5.74, 6) is 5.16. The summed E-state index contributed by atoms with van der Waals surface area (Å²) in [7, 11) is 2.05. The lowest BCUT2D eigenvalue weighted by molar-refractivity contribution is -0.127. The molecule has 1 aliphatic rings. The van der Waals surface area contributed by atoms with Gasteiger partial charge in [-0.3, -0.25) is 15.1 Å².